The van der Waals surface area contributed by atoms with E-state index in [1.165, 1.54) is 0 Å². The molecule has 3 heteroatoms. The van der Waals surface area contributed by atoms with Gasteiger partial charge in [-0.05, 0) is 13.3 Å². The van der Waals surface area contributed by atoms with Gasteiger partial charge in [-0.15, -0.1) is 0 Å². The van der Waals surface area contributed by atoms with Crippen molar-refractivity contribution >= 4 is 5.84 Å². The summed E-state index contributed by atoms with van der Waals surface area (Å²) in [6.45, 7) is 8.34. The highest BCUT2D eigenvalue weighted by Gasteiger charge is 2.03. The van der Waals surface area contributed by atoms with Gasteiger partial charge in [-0.25, -0.2) is 5.84 Å². The Hall–Kier alpha value is -0.570. The van der Waals surface area contributed by atoms with Crippen LogP contribution in [0.5, 0.6) is 0 Å². The molecule has 0 aliphatic carbocycles. The van der Waals surface area contributed by atoms with Gasteiger partial charge in [-0.2, -0.15) is 0 Å². The molecule has 11 heavy (non-hydrogen) atoms. The van der Waals surface area contributed by atoms with Crippen molar-refractivity contribution in [1.82, 2.24) is 5.43 Å². The number of rotatable bonds is 3. The molecule has 0 rings (SSSR count). The monoisotopic (exact) mass is 157 g/mol. The Morgan fingerprint density at radius 1 is 1.45 bits per heavy atom. The smallest absolute Gasteiger partial charge is 0.113 e. The topological polar surface area (TPSA) is 50.4 Å². The summed E-state index contributed by atoms with van der Waals surface area (Å²) in [5.41, 5.74) is 2.62. The van der Waals surface area contributed by atoms with Crippen molar-refractivity contribution in [1.29, 1.82) is 0 Å². The van der Waals surface area contributed by atoms with Crippen LogP contribution in [0.15, 0.2) is 4.99 Å². The molecule has 0 aromatic heterocycles. The van der Waals surface area contributed by atoms with Crippen LogP contribution in [0.25, 0.3) is 0 Å². The third-order valence-electron chi connectivity index (χ3n) is 1.65. The predicted molar refractivity (Wildman–Crippen MR) is 49.3 cm³/mol. The Kier molecular flexibility index (Phi) is 4.86. The van der Waals surface area contributed by atoms with Crippen LogP contribution < -0.4 is 11.3 Å². The molecule has 0 bridgehead atoms. The number of aliphatic imine (C=N–C) groups is 1. The van der Waals surface area contributed by atoms with Crippen LogP contribution in [0.1, 0.15) is 34.1 Å². The van der Waals surface area contributed by atoms with Crippen LogP contribution in [0.3, 0.4) is 0 Å². The van der Waals surface area contributed by atoms with Crippen LogP contribution in [0.2, 0.25) is 0 Å². The summed E-state index contributed by atoms with van der Waals surface area (Å²) in [5, 5.41) is 0. The summed E-state index contributed by atoms with van der Waals surface area (Å²) in [6, 6.07) is 0.364. The van der Waals surface area contributed by atoms with Gasteiger partial charge >= 0.3 is 0 Å². The Labute approximate surface area is 69.0 Å². The van der Waals surface area contributed by atoms with Crippen molar-refractivity contribution in [3.8, 4) is 0 Å². The molecular formula is C8H19N3. The van der Waals surface area contributed by atoms with Crippen molar-refractivity contribution in [3.05, 3.63) is 0 Å². The van der Waals surface area contributed by atoms with Crippen molar-refractivity contribution in [3.63, 3.8) is 0 Å². The summed E-state index contributed by atoms with van der Waals surface area (Å²) in [5.74, 6) is 6.57. The van der Waals surface area contributed by atoms with Gasteiger partial charge in [-0.3, -0.25) is 4.99 Å². The Morgan fingerprint density at radius 2 is 2.00 bits per heavy atom. The van der Waals surface area contributed by atoms with Crippen LogP contribution >= 0.6 is 0 Å². The minimum absolute atomic E-state index is 0.364. The van der Waals surface area contributed by atoms with E-state index in [2.05, 4.69) is 38.1 Å². The highest BCUT2D eigenvalue weighted by atomic mass is 15.3. The fraction of sp³-hybridized carbons (Fsp3) is 0.875. The predicted octanol–water partition coefficient (Wildman–Crippen LogP) is 1.30. The van der Waals surface area contributed by atoms with E-state index in [4.69, 9.17) is 5.84 Å². The molecule has 0 amide bonds. The number of hydrazine groups is 1. The molecule has 3 N–H and O–H groups in total. The summed E-state index contributed by atoms with van der Waals surface area (Å²) in [7, 11) is 0. The summed E-state index contributed by atoms with van der Waals surface area (Å²) in [6.07, 6.45) is 1.05. The first-order chi connectivity index (χ1) is 5.11. The second-order valence-corrected chi connectivity index (χ2v) is 3.07. The van der Waals surface area contributed by atoms with E-state index in [1.54, 1.807) is 0 Å². The van der Waals surface area contributed by atoms with Gasteiger partial charge in [0, 0.05) is 12.0 Å². The molecule has 0 aliphatic rings. The number of hydrogen-bond acceptors (Lipinski definition) is 2. The molecule has 0 aliphatic heterocycles. The average molecular weight is 157 g/mol. The maximum atomic E-state index is 5.30. The van der Waals surface area contributed by atoms with Gasteiger partial charge < -0.3 is 5.43 Å². The number of nitrogens with two attached hydrogens (primary N) is 1. The minimum atomic E-state index is 0.364. The van der Waals surface area contributed by atoms with Crippen molar-refractivity contribution in [2.24, 2.45) is 16.8 Å². The van der Waals surface area contributed by atoms with Crippen molar-refractivity contribution in [2.75, 3.05) is 0 Å². The van der Waals surface area contributed by atoms with Crippen LogP contribution in [0, 0.1) is 5.92 Å². The lowest BCUT2D eigenvalue weighted by molar-refractivity contribution is 0.689. The molecule has 0 radical (unpaired) electrons. The maximum Gasteiger partial charge on any atom is 0.113 e. The SMILES string of the molecule is CCC(C)N=C(NN)C(C)C. The van der Waals surface area contributed by atoms with E-state index in [9.17, 15) is 0 Å². The van der Waals surface area contributed by atoms with E-state index in [-0.39, 0.29) is 0 Å². The zero-order valence-electron chi connectivity index (χ0n) is 7.89. The quantitative estimate of drug-likeness (QED) is 0.281. The third-order valence-corrected chi connectivity index (χ3v) is 1.65. The lowest BCUT2D eigenvalue weighted by Crippen LogP contribution is -2.35. The van der Waals surface area contributed by atoms with Gasteiger partial charge in [0.2, 0.25) is 0 Å². The molecule has 3 nitrogen and oxygen atoms in total. The second-order valence-electron chi connectivity index (χ2n) is 3.07. The third kappa shape index (κ3) is 3.98. The molecule has 0 heterocycles. The fourth-order valence-corrected chi connectivity index (χ4v) is 0.682. The number of nitrogens with one attached hydrogen (secondary N) is 1. The van der Waals surface area contributed by atoms with E-state index in [1.807, 2.05) is 0 Å². The molecule has 66 valence electrons. The molecule has 0 spiro atoms. The average Bonchev–Trinajstić information content (AvgIpc) is 1.99. The van der Waals surface area contributed by atoms with Crippen LogP contribution in [-0.4, -0.2) is 11.9 Å². The zero-order valence-corrected chi connectivity index (χ0v) is 7.89. The lowest BCUT2D eigenvalue weighted by atomic mass is 10.2. The summed E-state index contributed by atoms with van der Waals surface area (Å²) >= 11 is 0. The molecule has 1 unspecified atom stereocenters. The molecular weight excluding hydrogens is 138 g/mol. The van der Waals surface area contributed by atoms with Gasteiger partial charge in [0.15, 0.2) is 0 Å². The normalized spacial score (nSPS) is 15.3. The fourth-order valence-electron chi connectivity index (χ4n) is 0.682. The lowest BCUT2D eigenvalue weighted by Gasteiger charge is -2.11. The van der Waals surface area contributed by atoms with Crippen LogP contribution in [-0.2, 0) is 0 Å². The van der Waals surface area contributed by atoms with Gasteiger partial charge in [0.1, 0.15) is 5.84 Å². The van der Waals surface area contributed by atoms with Crippen molar-refractivity contribution in [2.45, 2.75) is 40.2 Å². The number of nitrogens with zero attached hydrogens (tertiary/aromatic N) is 1. The first-order valence-electron chi connectivity index (χ1n) is 4.16. The second kappa shape index (κ2) is 5.13. The molecule has 0 aromatic carbocycles. The molecule has 1 atom stereocenters. The number of hydrogen-bond donors (Lipinski definition) is 2. The first-order valence-corrected chi connectivity index (χ1v) is 4.16. The Balaban J connectivity index is 4.10. The van der Waals surface area contributed by atoms with E-state index in [0.717, 1.165) is 12.3 Å². The van der Waals surface area contributed by atoms with Gasteiger partial charge in [0.25, 0.3) is 0 Å². The highest BCUT2D eigenvalue weighted by molar-refractivity contribution is 5.83. The largest absolute Gasteiger partial charge is 0.312 e. The molecule has 0 aromatic rings. The Morgan fingerprint density at radius 3 is 2.27 bits per heavy atom. The van der Waals surface area contributed by atoms with E-state index >= 15 is 0 Å². The van der Waals surface area contributed by atoms with Gasteiger partial charge in [-0.1, -0.05) is 20.8 Å². The highest BCUT2D eigenvalue weighted by Crippen LogP contribution is 2.00. The van der Waals surface area contributed by atoms with Gasteiger partial charge in [0.05, 0.1) is 0 Å². The number of amidine groups is 1. The van der Waals surface area contributed by atoms with Crippen LogP contribution in [0.4, 0.5) is 0 Å². The molecule has 0 saturated heterocycles. The molecule has 0 fully saturated rings. The van der Waals surface area contributed by atoms with E-state index in [0.29, 0.717) is 12.0 Å². The Bertz CT molecular complexity index is 129. The summed E-state index contributed by atoms with van der Waals surface area (Å²) in [4.78, 5) is 4.39. The van der Waals surface area contributed by atoms with E-state index < -0.39 is 0 Å². The standard InChI is InChI=1S/C8H19N3/c1-5-7(4)10-8(11-9)6(2)3/h6-7H,5,9H2,1-4H3,(H,10,11). The first kappa shape index (κ1) is 10.4. The summed E-state index contributed by atoms with van der Waals surface area (Å²) < 4.78 is 0. The maximum absolute atomic E-state index is 5.30. The minimum Gasteiger partial charge on any atom is -0.312 e. The molecule has 0 saturated carbocycles. The zero-order chi connectivity index (χ0) is 8.85. The van der Waals surface area contributed by atoms with Crippen molar-refractivity contribution < 1.29 is 0 Å².